The maximum Gasteiger partial charge on any atom is 0.193 e. The van der Waals surface area contributed by atoms with Crippen LogP contribution in [0, 0.1) is 0 Å². The summed E-state index contributed by atoms with van der Waals surface area (Å²) in [6, 6.07) is 14.1. The standard InChI is InChI=1S/C18H14N2O4/c1-22-10-23-11-6-7-12-15(21)9-17(24-16(12)8-11)18-19-13-4-2-3-5-14(13)20-18/h2-9H,10H2,1H3,(H,19,20). The first-order valence-electron chi connectivity index (χ1n) is 7.39. The van der Waals surface area contributed by atoms with E-state index in [0.29, 0.717) is 28.3 Å². The maximum atomic E-state index is 12.3. The van der Waals surface area contributed by atoms with Gasteiger partial charge < -0.3 is 18.9 Å². The fraction of sp³-hybridized carbons (Fsp3) is 0.111. The molecule has 120 valence electrons. The van der Waals surface area contributed by atoms with Crippen LogP contribution in [0.2, 0.25) is 0 Å². The molecule has 4 rings (SSSR count). The second-order valence-corrected chi connectivity index (χ2v) is 5.29. The molecule has 0 fully saturated rings. The van der Waals surface area contributed by atoms with E-state index in [4.69, 9.17) is 13.9 Å². The lowest BCUT2D eigenvalue weighted by Crippen LogP contribution is -2.02. The van der Waals surface area contributed by atoms with E-state index < -0.39 is 0 Å². The zero-order valence-corrected chi connectivity index (χ0v) is 12.9. The van der Waals surface area contributed by atoms with Crippen molar-refractivity contribution in [2.45, 2.75) is 0 Å². The molecule has 2 heterocycles. The molecule has 2 aromatic heterocycles. The molecule has 0 amide bonds. The molecule has 0 aliphatic carbocycles. The number of nitrogens with zero attached hydrogens (tertiary/aromatic N) is 1. The summed E-state index contributed by atoms with van der Waals surface area (Å²) in [5.74, 6) is 1.46. The molecule has 0 unspecified atom stereocenters. The largest absolute Gasteiger partial charge is 0.467 e. The van der Waals surface area contributed by atoms with Crippen LogP contribution in [0.4, 0.5) is 0 Å². The van der Waals surface area contributed by atoms with E-state index in [-0.39, 0.29) is 12.2 Å². The molecule has 6 nitrogen and oxygen atoms in total. The van der Waals surface area contributed by atoms with Gasteiger partial charge in [-0.1, -0.05) is 12.1 Å². The lowest BCUT2D eigenvalue weighted by atomic mass is 10.2. The molecule has 0 aliphatic heterocycles. The van der Waals surface area contributed by atoms with Crippen LogP contribution in [-0.2, 0) is 4.74 Å². The minimum atomic E-state index is -0.134. The van der Waals surface area contributed by atoms with Crippen molar-refractivity contribution in [3.05, 3.63) is 58.8 Å². The van der Waals surface area contributed by atoms with Gasteiger partial charge in [-0.3, -0.25) is 4.79 Å². The highest BCUT2D eigenvalue weighted by Gasteiger charge is 2.11. The van der Waals surface area contributed by atoms with E-state index >= 15 is 0 Å². The molecule has 0 aliphatic rings. The Labute approximate surface area is 136 Å². The number of benzene rings is 2. The molecule has 0 saturated heterocycles. The topological polar surface area (TPSA) is 77.4 Å². The van der Waals surface area contributed by atoms with Crippen LogP contribution in [0.15, 0.2) is 57.7 Å². The van der Waals surface area contributed by atoms with Crippen LogP contribution in [0.25, 0.3) is 33.6 Å². The molecule has 0 bridgehead atoms. The molecule has 0 atom stereocenters. The highest BCUT2D eigenvalue weighted by Crippen LogP contribution is 2.25. The molecule has 4 aromatic rings. The third kappa shape index (κ3) is 2.53. The van der Waals surface area contributed by atoms with Gasteiger partial charge >= 0.3 is 0 Å². The Morgan fingerprint density at radius 2 is 2.04 bits per heavy atom. The Morgan fingerprint density at radius 1 is 1.17 bits per heavy atom. The van der Waals surface area contributed by atoms with Gasteiger partial charge in [0.1, 0.15) is 11.3 Å². The molecule has 0 radical (unpaired) electrons. The molecule has 0 spiro atoms. The number of imidazole rings is 1. The zero-order valence-electron chi connectivity index (χ0n) is 12.9. The van der Waals surface area contributed by atoms with Crippen LogP contribution in [-0.4, -0.2) is 23.9 Å². The van der Waals surface area contributed by atoms with Crippen LogP contribution in [0.5, 0.6) is 5.75 Å². The van der Waals surface area contributed by atoms with Gasteiger partial charge in [0.2, 0.25) is 0 Å². The van der Waals surface area contributed by atoms with Crippen LogP contribution >= 0.6 is 0 Å². The maximum absolute atomic E-state index is 12.3. The van der Waals surface area contributed by atoms with Gasteiger partial charge in [0.15, 0.2) is 23.8 Å². The predicted molar refractivity (Wildman–Crippen MR) is 90.1 cm³/mol. The van der Waals surface area contributed by atoms with E-state index in [1.165, 1.54) is 6.07 Å². The number of aromatic amines is 1. The number of rotatable bonds is 4. The summed E-state index contributed by atoms with van der Waals surface area (Å²) < 4.78 is 16.1. The van der Waals surface area contributed by atoms with Crippen LogP contribution in [0.1, 0.15) is 0 Å². The van der Waals surface area contributed by atoms with Gasteiger partial charge in [-0.05, 0) is 24.3 Å². The van der Waals surface area contributed by atoms with E-state index in [1.807, 2.05) is 24.3 Å². The molecular formula is C18H14N2O4. The quantitative estimate of drug-likeness (QED) is 0.583. The Morgan fingerprint density at radius 3 is 2.88 bits per heavy atom. The zero-order chi connectivity index (χ0) is 16.5. The van der Waals surface area contributed by atoms with Crippen molar-refractivity contribution >= 4 is 22.0 Å². The Hall–Kier alpha value is -3.12. The van der Waals surface area contributed by atoms with Crippen molar-refractivity contribution in [3.8, 4) is 17.3 Å². The SMILES string of the molecule is COCOc1ccc2c(=O)cc(-c3nc4ccccc4[nH]3)oc2c1. The summed E-state index contributed by atoms with van der Waals surface area (Å²) in [6.45, 7) is 0.124. The number of methoxy groups -OCH3 is 1. The number of fused-ring (bicyclic) bond motifs is 2. The monoisotopic (exact) mass is 322 g/mol. The van der Waals surface area contributed by atoms with Crippen molar-refractivity contribution in [1.29, 1.82) is 0 Å². The first-order valence-corrected chi connectivity index (χ1v) is 7.39. The summed E-state index contributed by atoms with van der Waals surface area (Å²) >= 11 is 0. The lowest BCUT2D eigenvalue weighted by molar-refractivity contribution is 0.0512. The van der Waals surface area contributed by atoms with Gasteiger partial charge in [0, 0.05) is 19.2 Å². The molecular weight excluding hydrogens is 308 g/mol. The third-order valence-electron chi connectivity index (χ3n) is 3.67. The molecule has 6 heteroatoms. The minimum Gasteiger partial charge on any atom is -0.467 e. The summed E-state index contributed by atoms with van der Waals surface area (Å²) in [4.78, 5) is 20.0. The minimum absolute atomic E-state index is 0.124. The highest BCUT2D eigenvalue weighted by atomic mass is 16.7. The summed E-state index contributed by atoms with van der Waals surface area (Å²) in [6.07, 6.45) is 0. The fourth-order valence-corrected chi connectivity index (χ4v) is 2.54. The van der Waals surface area contributed by atoms with Gasteiger partial charge in [0.25, 0.3) is 0 Å². The Kier molecular flexibility index (Phi) is 3.51. The first kappa shape index (κ1) is 14.5. The van der Waals surface area contributed by atoms with Crippen LogP contribution in [0.3, 0.4) is 0 Å². The number of hydrogen-bond acceptors (Lipinski definition) is 5. The summed E-state index contributed by atoms with van der Waals surface area (Å²) in [7, 11) is 1.54. The molecule has 0 saturated carbocycles. The normalized spacial score (nSPS) is 11.2. The average Bonchev–Trinajstić information content (AvgIpc) is 3.04. The number of para-hydroxylation sites is 2. The fourth-order valence-electron chi connectivity index (χ4n) is 2.54. The second kappa shape index (κ2) is 5.82. The molecule has 2 aromatic carbocycles. The van der Waals surface area contributed by atoms with E-state index in [2.05, 4.69) is 9.97 Å². The smallest absolute Gasteiger partial charge is 0.193 e. The Bertz CT molecular complexity index is 1050. The van der Waals surface area contributed by atoms with Crippen LogP contribution < -0.4 is 10.2 Å². The predicted octanol–water partition coefficient (Wildman–Crippen LogP) is 3.32. The van der Waals surface area contributed by atoms with Gasteiger partial charge in [0.05, 0.1) is 16.4 Å². The van der Waals surface area contributed by atoms with Crippen molar-refractivity contribution in [3.63, 3.8) is 0 Å². The lowest BCUT2D eigenvalue weighted by Gasteiger charge is -2.06. The second-order valence-electron chi connectivity index (χ2n) is 5.29. The average molecular weight is 322 g/mol. The van der Waals surface area contributed by atoms with Crippen molar-refractivity contribution in [1.82, 2.24) is 9.97 Å². The first-order chi connectivity index (χ1) is 11.7. The van der Waals surface area contributed by atoms with E-state index in [9.17, 15) is 4.79 Å². The van der Waals surface area contributed by atoms with Crippen molar-refractivity contribution < 1.29 is 13.9 Å². The number of aromatic nitrogens is 2. The van der Waals surface area contributed by atoms with E-state index in [0.717, 1.165) is 11.0 Å². The van der Waals surface area contributed by atoms with Gasteiger partial charge in [-0.2, -0.15) is 0 Å². The summed E-state index contributed by atoms with van der Waals surface area (Å²) in [5, 5.41) is 0.486. The summed E-state index contributed by atoms with van der Waals surface area (Å²) in [5.41, 5.74) is 2.00. The number of nitrogens with one attached hydrogen (secondary N) is 1. The molecule has 24 heavy (non-hydrogen) atoms. The third-order valence-corrected chi connectivity index (χ3v) is 3.67. The van der Waals surface area contributed by atoms with Gasteiger partial charge in [-0.15, -0.1) is 0 Å². The number of ether oxygens (including phenoxy) is 2. The number of hydrogen-bond donors (Lipinski definition) is 1. The molecule has 1 N–H and O–H groups in total. The van der Waals surface area contributed by atoms with E-state index in [1.54, 1.807) is 25.3 Å². The van der Waals surface area contributed by atoms with Crippen molar-refractivity contribution in [2.24, 2.45) is 0 Å². The number of H-pyrrole nitrogens is 1. The Balaban J connectivity index is 1.84. The van der Waals surface area contributed by atoms with Crippen molar-refractivity contribution in [2.75, 3.05) is 13.9 Å². The van der Waals surface area contributed by atoms with Gasteiger partial charge in [-0.25, -0.2) is 4.98 Å². The highest BCUT2D eigenvalue weighted by molar-refractivity contribution is 5.81.